The third-order valence-corrected chi connectivity index (χ3v) is 2.63. The van der Waals surface area contributed by atoms with Crippen LogP contribution in [0.3, 0.4) is 0 Å². The average Bonchev–Trinajstić information content (AvgIpc) is 2.42. The second-order valence-corrected chi connectivity index (χ2v) is 3.59. The maximum Gasteiger partial charge on any atom is 0.122 e. The van der Waals surface area contributed by atoms with Crippen molar-refractivity contribution in [2.45, 2.75) is 40.7 Å². The minimum absolute atomic E-state index is 1.05. The molecular formula is C15H27NO. The molecule has 1 heterocycles. The standard InChI is InChI=1S/C11H15NO.2C2H6/c1-12-7-6-10-9(8-12)4-3-5-11(10)13-2;2*1-2/h3-5H,6-8H2,1-2H3;2*1-2H3. The molecule has 0 radical (unpaired) electrons. The van der Waals surface area contributed by atoms with Gasteiger partial charge in [0.15, 0.2) is 0 Å². The van der Waals surface area contributed by atoms with Crippen LogP contribution in [-0.2, 0) is 13.0 Å². The van der Waals surface area contributed by atoms with Gasteiger partial charge in [0.25, 0.3) is 0 Å². The van der Waals surface area contributed by atoms with Gasteiger partial charge in [0, 0.05) is 13.1 Å². The molecule has 0 N–H and O–H groups in total. The summed E-state index contributed by atoms with van der Waals surface area (Å²) in [6.07, 6.45) is 1.11. The predicted molar refractivity (Wildman–Crippen MR) is 75.7 cm³/mol. The van der Waals surface area contributed by atoms with Crippen molar-refractivity contribution in [3.8, 4) is 5.75 Å². The maximum absolute atomic E-state index is 5.33. The van der Waals surface area contributed by atoms with Gasteiger partial charge in [0.2, 0.25) is 0 Å². The second-order valence-electron chi connectivity index (χ2n) is 3.59. The van der Waals surface area contributed by atoms with Gasteiger partial charge in [-0.05, 0) is 30.7 Å². The number of methoxy groups -OCH3 is 1. The van der Waals surface area contributed by atoms with Crippen LogP contribution in [0.2, 0.25) is 0 Å². The molecule has 2 nitrogen and oxygen atoms in total. The normalized spacial score (nSPS) is 13.5. The monoisotopic (exact) mass is 237 g/mol. The summed E-state index contributed by atoms with van der Waals surface area (Å²) in [6, 6.07) is 6.30. The van der Waals surface area contributed by atoms with Gasteiger partial charge in [-0.25, -0.2) is 0 Å². The highest BCUT2D eigenvalue weighted by molar-refractivity contribution is 5.41. The van der Waals surface area contributed by atoms with Gasteiger partial charge in [0.05, 0.1) is 7.11 Å². The minimum Gasteiger partial charge on any atom is -0.496 e. The van der Waals surface area contributed by atoms with E-state index in [4.69, 9.17) is 4.74 Å². The molecule has 0 aliphatic carbocycles. The summed E-state index contributed by atoms with van der Waals surface area (Å²) >= 11 is 0. The van der Waals surface area contributed by atoms with Crippen molar-refractivity contribution in [2.24, 2.45) is 0 Å². The Balaban J connectivity index is 0.000000581. The second kappa shape index (κ2) is 9.06. The summed E-state index contributed by atoms with van der Waals surface area (Å²) < 4.78 is 5.33. The molecule has 0 saturated heterocycles. The highest BCUT2D eigenvalue weighted by atomic mass is 16.5. The predicted octanol–water partition coefficient (Wildman–Crippen LogP) is 3.74. The summed E-state index contributed by atoms with van der Waals surface area (Å²) in [5.41, 5.74) is 2.80. The van der Waals surface area contributed by atoms with Crippen LogP contribution < -0.4 is 4.74 Å². The Kier molecular flexibility index (Phi) is 8.51. The fourth-order valence-corrected chi connectivity index (χ4v) is 1.91. The number of nitrogens with zero attached hydrogens (tertiary/aromatic N) is 1. The van der Waals surface area contributed by atoms with E-state index in [9.17, 15) is 0 Å². The van der Waals surface area contributed by atoms with Crippen molar-refractivity contribution < 1.29 is 4.74 Å². The van der Waals surface area contributed by atoms with E-state index in [1.807, 2.05) is 33.8 Å². The van der Waals surface area contributed by atoms with Crippen LogP contribution in [0.1, 0.15) is 38.8 Å². The van der Waals surface area contributed by atoms with Crippen molar-refractivity contribution in [1.29, 1.82) is 0 Å². The van der Waals surface area contributed by atoms with Crippen LogP contribution >= 0.6 is 0 Å². The van der Waals surface area contributed by atoms with Crippen molar-refractivity contribution in [3.63, 3.8) is 0 Å². The molecule has 0 atom stereocenters. The molecule has 2 heteroatoms. The number of hydrogen-bond donors (Lipinski definition) is 0. The van der Waals surface area contributed by atoms with E-state index in [-0.39, 0.29) is 0 Å². The first kappa shape index (κ1) is 16.0. The maximum atomic E-state index is 5.33. The van der Waals surface area contributed by atoms with Crippen LogP contribution in [-0.4, -0.2) is 25.6 Å². The molecule has 1 aromatic carbocycles. The van der Waals surface area contributed by atoms with Crippen LogP contribution in [0.5, 0.6) is 5.75 Å². The van der Waals surface area contributed by atoms with E-state index < -0.39 is 0 Å². The molecule has 0 saturated carbocycles. The van der Waals surface area contributed by atoms with Crippen LogP contribution in [0.15, 0.2) is 18.2 Å². The van der Waals surface area contributed by atoms with Gasteiger partial charge in [-0.2, -0.15) is 0 Å². The van der Waals surface area contributed by atoms with Crippen molar-refractivity contribution in [3.05, 3.63) is 29.3 Å². The molecule has 1 aromatic rings. The Labute approximate surface area is 107 Å². The summed E-state index contributed by atoms with van der Waals surface area (Å²) in [6.45, 7) is 10.2. The highest BCUT2D eigenvalue weighted by Crippen LogP contribution is 2.26. The Morgan fingerprint density at radius 3 is 2.35 bits per heavy atom. The van der Waals surface area contributed by atoms with Gasteiger partial charge in [0.1, 0.15) is 5.75 Å². The van der Waals surface area contributed by atoms with E-state index in [0.717, 1.165) is 25.3 Å². The first-order valence-electron chi connectivity index (χ1n) is 6.64. The van der Waals surface area contributed by atoms with Gasteiger partial charge in [-0.3, -0.25) is 0 Å². The quantitative estimate of drug-likeness (QED) is 0.738. The molecule has 0 amide bonds. The molecule has 0 aromatic heterocycles. The molecule has 98 valence electrons. The molecule has 1 aliphatic rings. The fourth-order valence-electron chi connectivity index (χ4n) is 1.91. The van der Waals surface area contributed by atoms with Crippen LogP contribution in [0.25, 0.3) is 0 Å². The lowest BCUT2D eigenvalue weighted by Gasteiger charge is -2.26. The molecule has 2 rings (SSSR count). The summed E-state index contributed by atoms with van der Waals surface area (Å²) in [7, 11) is 3.90. The number of rotatable bonds is 1. The van der Waals surface area contributed by atoms with Crippen molar-refractivity contribution in [1.82, 2.24) is 4.90 Å². The molecule has 0 fully saturated rings. The lowest BCUT2D eigenvalue weighted by atomic mass is 9.99. The van der Waals surface area contributed by atoms with E-state index >= 15 is 0 Å². The van der Waals surface area contributed by atoms with Gasteiger partial charge < -0.3 is 9.64 Å². The van der Waals surface area contributed by atoms with E-state index in [1.54, 1.807) is 7.11 Å². The molecular weight excluding hydrogens is 210 g/mol. The Hall–Kier alpha value is -1.02. The highest BCUT2D eigenvalue weighted by Gasteiger charge is 2.15. The number of fused-ring (bicyclic) bond motifs is 1. The lowest BCUT2D eigenvalue weighted by molar-refractivity contribution is 0.306. The first-order valence-corrected chi connectivity index (χ1v) is 6.64. The third-order valence-electron chi connectivity index (χ3n) is 2.63. The Morgan fingerprint density at radius 2 is 1.76 bits per heavy atom. The lowest BCUT2D eigenvalue weighted by Crippen LogP contribution is -2.26. The van der Waals surface area contributed by atoms with Crippen LogP contribution in [0.4, 0.5) is 0 Å². The number of ether oxygens (including phenoxy) is 1. The SMILES string of the molecule is CC.CC.COc1cccc2c1CCN(C)C2. The number of likely N-dealkylation sites (N-methyl/N-ethyl adjacent to an activating group) is 1. The third kappa shape index (κ3) is 4.39. The molecule has 1 aliphatic heterocycles. The Morgan fingerprint density at radius 1 is 1.12 bits per heavy atom. The number of hydrogen-bond acceptors (Lipinski definition) is 2. The van der Waals surface area contributed by atoms with Gasteiger partial charge >= 0.3 is 0 Å². The van der Waals surface area contributed by atoms with Crippen LogP contribution in [0, 0.1) is 0 Å². The zero-order valence-electron chi connectivity index (χ0n) is 12.2. The Bertz CT molecular complexity index is 310. The summed E-state index contributed by atoms with van der Waals surface area (Å²) in [4.78, 5) is 2.34. The largest absolute Gasteiger partial charge is 0.496 e. The summed E-state index contributed by atoms with van der Waals surface area (Å²) in [5, 5.41) is 0. The zero-order chi connectivity index (χ0) is 13.3. The molecule has 0 spiro atoms. The van der Waals surface area contributed by atoms with E-state index in [2.05, 4.69) is 24.1 Å². The molecule has 0 bridgehead atoms. The molecule has 0 unspecified atom stereocenters. The average molecular weight is 237 g/mol. The zero-order valence-corrected chi connectivity index (χ0v) is 12.2. The van der Waals surface area contributed by atoms with E-state index in [0.29, 0.717) is 0 Å². The van der Waals surface area contributed by atoms with Crippen molar-refractivity contribution >= 4 is 0 Å². The van der Waals surface area contributed by atoms with Crippen molar-refractivity contribution in [2.75, 3.05) is 20.7 Å². The van der Waals surface area contributed by atoms with Gasteiger partial charge in [-0.1, -0.05) is 39.8 Å². The number of benzene rings is 1. The minimum atomic E-state index is 1.05. The van der Waals surface area contributed by atoms with Gasteiger partial charge in [-0.15, -0.1) is 0 Å². The van der Waals surface area contributed by atoms with E-state index in [1.165, 1.54) is 11.1 Å². The smallest absolute Gasteiger partial charge is 0.122 e. The fraction of sp³-hybridized carbons (Fsp3) is 0.600. The summed E-state index contributed by atoms with van der Waals surface area (Å²) in [5.74, 6) is 1.05. The topological polar surface area (TPSA) is 12.5 Å². The first-order chi connectivity index (χ1) is 8.31. The molecule has 17 heavy (non-hydrogen) atoms.